The molecule has 0 amide bonds. The Labute approximate surface area is 106 Å². The second-order valence-corrected chi connectivity index (χ2v) is 4.43. The number of nitrogens with zero attached hydrogens (tertiary/aromatic N) is 2. The summed E-state index contributed by atoms with van der Waals surface area (Å²) in [5.41, 5.74) is 8.70. The second-order valence-electron chi connectivity index (χ2n) is 4.43. The van der Waals surface area contributed by atoms with Crippen LogP contribution in [0.4, 0.5) is 0 Å². The lowest BCUT2D eigenvalue weighted by atomic mass is 10.0. The Hall–Kier alpha value is -1.94. The van der Waals surface area contributed by atoms with E-state index < -0.39 is 0 Å². The van der Waals surface area contributed by atoms with Crippen molar-refractivity contribution < 1.29 is 4.79 Å². The van der Waals surface area contributed by atoms with Gasteiger partial charge in [-0.1, -0.05) is 17.7 Å². The standard InChI is InChI=1S/C14H17N3O/c1-10-3-4-11(2)12(7-10)14(18)13-8-17(6-5-15)9-16-13/h3-4,7-9H,5-6,15H2,1-2H3. The molecule has 0 aliphatic carbocycles. The van der Waals surface area contributed by atoms with Crippen molar-refractivity contribution in [3.8, 4) is 0 Å². The third kappa shape index (κ3) is 2.49. The summed E-state index contributed by atoms with van der Waals surface area (Å²) in [6.45, 7) is 5.12. The smallest absolute Gasteiger partial charge is 0.213 e. The minimum Gasteiger partial charge on any atom is -0.335 e. The Morgan fingerprint density at radius 1 is 1.39 bits per heavy atom. The molecule has 18 heavy (non-hydrogen) atoms. The van der Waals surface area contributed by atoms with Gasteiger partial charge in [0.2, 0.25) is 5.78 Å². The topological polar surface area (TPSA) is 60.9 Å². The summed E-state index contributed by atoms with van der Waals surface area (Å²) >= 11 is 0. The zero-order chi connectivity index (χ0) is 13.1. The normalized spacial score (nSPS) is 10.6. The second kappa shape index (κ2) is 5.14. The molecule has 0 fully saturated rings. The highest BCUT2D eigenvalue weighted by atomic mass is 16.1. The molecule has 2 rings (SSSR count). The number of imidazole rings is 1. The molecule has 0 spiro atoms. The van der Waals surface area contributed by atoms with Gasteiger partial charge in [-0.2, -0.15) is 0 Å². The van der Waals surface area contributed by atoms with E-state index in [1.54, 1.807) is 12.5 Å². The summed E-state index contributed by atoms with van der Waals surface area (Å²) in [4.78, 5) is 16.5. The molecule has 0 atom stereocenters. The average molecular weight is 243 g/mol. The van der Waals surface area contributed by atoms with E-state index in [-0.39, 0.29) is 5.78 Å². The number of carbonyl (C=O) groups excluding carboxylic acids is 1. The zero-order valence-electron chi connectivity index (χ0n) is 10.7. The van der Waals surface area contributed by atoms with E-state index >= 15 is 0 Å². The van der Waals surface area contributed by atoms with Crippen LogP contribution in [0.2, 0.25) is 0 Å². The van der Waals surface area contributed by atoms with Crippen LogP contribution in [0.15, 0.2) is 30.7 Å². The average Bonchev–Trinajstić information content (AvgIpc) is 2.80. The van der Waals surface area contributed by atoms with Crippen LogP contribution in [-0.4, -0.2) is 21.9 Å². The first-order valence-corrected chi connectivity index (χ1v) is 5.95. The largest absolute Gasteiger partial charge is 0.335 e. The van der Waals surface area contributed by atoms with Crippen LogP contribution in [0.25, 0.3) is 0 Å². The minimum absolute atomic E-state index is 0.0352. The van der Waals surface area contributed by atoms with Gasteiger partial charge in [0.25, 0.3) is 0 Å². The molecule has 1 aromatic heterocycles. The molecule has 4 heteroatoms. The highest BCUT2D eigenvalue weighted by Gasteiger charge is 2.14. The van der Waals surface area contributed by atoms with Gasteiger partial charge in [0, 0.05) is 24.8 Å². The number of hydrogen-bond donors (Lipinski definition) is 1. The van der Waals surface area contributed by atoms with E-state index in [1.165, 1.54) is 0 Å². The predicted molar refractivity (Wildman–Crippen MR) is 70.6 cm³/mol. The lowest BCUT2D eigenvalue weighted by Crippen LogP contribution is -2.08. The Kier molecular flexibility index (Phi) is 3.58. The summed E-state index contributed by atoms with van der Waals surface area (Å²) < 4.78 is 1.83. The van der Waals surface area contributed by atoms with Crippen molar-refractivity contribution in [2.75, 3.05) is 6.54 Å². The van der Waals surface area contributed by atoms with Crippen LogP contribution in [0, 0.1) is 13.8 Å². The molecular formula is C14H17N3O. The first-order chi connectivity index (χ1) is 8.61. The van der Waals surface area contributed by atoms with Crippen LogP contribution in [-0.2, 0) is 6.54 Å². The van der Waals surface area contributed by atoms with Crippen molar-refractivity contribution in [2.45, 2.75) is 20.4 Å². The van der Waals surface area contributed by atoms with Gasteiger partial charge in [0.1, 0.15) is 5.69 Å². The van der Waals surface area contributed by atoms with E-state index in [1.807, 2.05) is 36.6 Å². The Balaban J connectivity index is 2.32. The van der Waals surface area contributed by atoms with Gasteiger partial charge < -0.3 is 10.3 Å². The molecule has 0 unspecified atom stereocenters. The Morgan fingerprint density at radius 2 is 2.17 bits per heavy atom. The van der Waals surface area contributed by atoms with Gasteiger partial charge in [-0.05, 0) is 25.5 Å². The molecule has 0 aliphatic rings. The fourth-order valence-corrected chi connectivity index (χ4v) is 1.87. The van der Waals surface area contributed by atoms with Crippen molar-refractivity contribution in [3.05, 3.63) is 53.1 Å². The number of carbonyl (C=O) groups is 1. The lowest BCUT2D eigenvalue weighted by Gasteiger charge is -2.04. The molecule has 0 aliphatic heterocycles. The summed E-state index contributed by atoms with van der Waals surface area (Å²) in [6, 6.07) is 5.86. The number of nitrogens with two attached hydrogens (primary N) is 1. The fraction of sp³-hybridized carbons (Fsp3) is 0.286. The predicted octanol–water partition coefficient (Wildman–Crippen LogP) is 1.69. The summed E-state index contributed by atoms with van der Waals surface area (Å²) in [5, 5.41) is 0. The minimum atomic E-state index is -0.0352. The summed E-state index contributed by atoms with van der Waals surface area (Å²) in [5.74, 6) is -0.0352. The van der Waals surface area contributed by atoms with E-state index in [4.69, 9.17) is 5.73 Å². The maximum atomic E-state index is 12.3. The molecular weight excluding hydrogens is 226 g/mol. The molecule has 2 N–H and O–H groups in total. The number of rotatable bonds is 4. The lowest BCUT2D eigenvalue weighted by molar-refractivity contribution is 0.103. The number of benzene rings is 1. The Bertz CT molecular complexity index is 572. The molecule has 0 radical (unpaired) electrons. The van der Waals surface area contributed by atoms with E-state index in [0.717, 1.165) is 11.1 Å². The van der Waals surface area contributed by atoms with Gasteiger partial charge in [0.15, 0.2) is 0 Å². The van der Waals surface area contributed by atoms with Crippen molar-refractivity contribution in [1.82, 2.24) is 9.55 Å². The zero-order valence-corrected chi connectivity index (χ0v) is 10.7. The molecule has 0 saturated heterocycles. The van der Waals surface area contributed by atoms with Gasteiger partial charge in [-0.15, -0.1) is 0 Å². The van der Waals surface area contributed by atoms with E-state index in [2.05, 4.69) is 4.98 Å². The first-order valence-electron chi connectivity index (χ1n) is 5.95. The quantitative estimate of drug-likeness (QED) is 0.831. The van der Waals surface area contributed by atoms with Crippen molar-refractivity contribution in [2.24, 2.45) is 5.73 Å². The van der Waals surface area contributed by atoms with Crippen LogP contribution < -0.4 is 5.73 Å². The van der Waals surface area contributed by atoms with Gasteiger partial charge in [0.05, 0.1) is 6.33 Å². The number of aromatic nitrogens is 2. The molecule has 0 bridgehead atoms. The van der Waals surface area contributed by atoms with Crippen LogP contribution >= 0.6 is 0 Å². The monoisotopic (exact) mass is 243 g/mol. The fourth-order valence-electron chi connectivity index (χ4n) is 1.87. The number of hydrogen-bond acceptors (Lipinski definition) is 3. The van der Waals surface area contributed by atoms with Crippen LogP contribution in [0.3, 0.4) is 0 Å². The van der Waals surface area contributed by atoms with Gasteiger partial charge in [-0.3, -0.25) is 4.79 Å². The molecule has 4 nitrogen and oxygen atoms in total. The number of aryl methyl sites for hydroxylation is 2. The summed E-state index contributed by atoms with van der Waals surface area (Å²) in [6.07, 6.45) is 3.39. The summed E-state index contributed by atoms with van der Waals surface area (Å²) in [7, 11) is 0. The Morgan fingerprint density at radius 3 is 2.89 bits per heavy atom. The molecule has 1 aromatic carbocycles. The molecule has 94 valence electrons. The van der Waals surface area contributed by atoms with Gasteiger partial charge in [-0.25, -0.2) is 4.98 Å². The van der Waals surface area contributed by atoms with Crippen LogP contribution in [0.5, 0.6) is 0 Å². The van der Waals surface area contributed by atoms with Gasteiger partial charge >= 0.3 is 0 Å². The maximum absolute atomic E-state index is 12.3. The van der Waals surface area contributed by atoms with Crippen molar-refractivity contribution >= 4 is 5.78 Å². The highest BCUT2D eigenvalue weighted by Crippen LogP contribution is 2.14. The third-order valence-corrected chi connectivity index (χ3v) is 2.89. The first kappa shape index (κ1) is 12.5. The maximum Gasteiger partial charge on any atom is 0.213 e. The van der Waals surface area contributed by atoms with E-state index in [9.17, 15) is 4.79 Å². The SMILES string of the molecule is Cc1ccc(C)c(C(=O)c2cn(CCN)cn2)c1. The van der Waals surface area contributed by atoms with E-state index in [0.29, 0.717) is 24.3 Å². The highest BCUT2D eigenvalue weighted by molar-refractivity contribution is 6.08. The third-order valence-electron chi connectivity index (χ3n) is 2.89. The van der Waals surface area contributed by atoms with Crippen molar-refractivity contribution in [1.29, 1.82) is 0 Å². The van der Waals surface area contributed by atoms with Crippen LogP contribution in [0.1, 0.15) is 27.2 Å². The molecule has 0 saturated carbocycles. The van der Waals surface area contributed by atoms with Crippen molar-refractivity contribution in [3.63, 3.8) is 0 Å². The molecule has 1 heterocycles. The molecule has 2 aromatic rings. The number of ketones is 1.